The Balaban J connectivity index is 1.51. The van der Waals surface area contributed by atoms with Crippen LogP contribution in [0.5, 0.6) is 0 Å². The van der Waals surface area contributed by atoms with E-state index < -0.39 is 0 Å². The number of aryl methyl sites for hydroxylation is 1. The second-order valence-corrected chi connectivity index (χ2v) is 7.96. The average molecular weight is 399 g/mol. The molecular formula is C22H30N4O3. The number of carbonyl (C=O) groups is 2. The Morgan fingerprint density at radius 2 is 2.14 bits per heavy atom. The highest BCUT2D eigenvalue weighted by Gasteiger charge is 2.37. The Labute approximate surface area is 171 Å². The molecule has 1 aliphatic heterocycles. The minimum atomic E-state index is -0.379. The normalized spacial score (nSPS) is 19.3. The first-order chi connectivity index (χ1) is 14.1. The molecule has 156 valence electrons. The fraction of sp³-hybridized carbons (Fsp3) is 0.545. The lowest BCUT2D eigenvalue weighted by Gasteiger charge is -2.30. The molecule has 2 amide bonds. The molecule has 1 saturated heterocycles. The maximum Gasteiger partial charge on any atom is 0.253 e. The van der Waals surface area contributed by atoms with Crippen molar-refractivity contribution in [3.8, 4) is 0 Å². The quantitative estimate of drug-likeness (QED) is 0.663. The van der Waals surface area contributed by atoms with Crippen molar-refractivity contribution in [3.05, 3.63) is 36.0 Å². The number of carbonyl (C=O) groups excluding carboxylic acids is 2. The van der Waals surface area contributed by atoms with Crippen LogP contribution in [0.2, 0.25) is 0 Å². The molecule has 2 fully saturated rings. The van der Waals surface area contributed by atoms with Crippen LogP contribution in [0.25, 0.3) is 10.9 Å². The summed E-state index contributed by atoms with van der Waals surface area (Å²) in [5.41, 5.74) is 2.34. The minimum absolute atomic E-state index is 0.000984. The van der Waals surface area contributed by atoms with Crippen molar-refractivity contribution >= 4 is 22.7 Å². The first-order valence-electron chi connectivity index (χ1n) is 10.6. The number of morpholine rings is 1. The fourth-order valence-corrected chi connectivity index (χ4v) is 4.01. The number of ether oxygens (including phenoxy) is 1. The van der Waals surface area contributed by atoms with E-state index in [1.807, 2.05) is 17.0 Å². The van der Waals surface area contributed by atoms with Gasteiger partial charge in [0.15, 0.2) is 0 Å². The number of benzene rings is 1. The number of aromatic nitrogens is 1. The van der Waals surface area contributed by atoms with Crippen molar-refractivity contribution in [1.29, 1.82) is 0 Å². The molecule has 0 radical (unpaired) electrons. The molecule has 1 aromatic heterocycles. The maximum atomic E-state index is 13.1. The lowest BCUT2D eigenvalue weighted by molar-refractivity contribution is -0.146. The van der Waals surface area contributed by atoms with Crippen molar-refractivity contribution in [2.45, 2.75) is 51.4 Å². The van der Waals surface area contributed by atoms with E-state index >= 15 is 0 Å². The molecule has 4 rings (SSSR count). The first-order valence-corrected chi connectivity index (χ1v) is 10.6. The Morgan fingerprint density at radius 1 is 1.31 bits per heavy atom. The summed E-state index contributed by atoms with van der Waals surface area (Å²) in [7, 11) is 0. The summed E-state index contributed by atoms with van der Waals surface area (Å²) in [5, 5.41) is 7.30. The molecule has 29 heavy (non-hydrogen) atoms. The van der Waals surface area contributed by atoms with Gasteiger partial charge in [0.1, 0.15) is 6.10 Å². The molecule has 7 heteroatoms. The van der Waals surface area contributed by atoms with Gasteiger partial charge in [-0.25, -0.2) is 0 Å². The standard InChI is InChI=1S/C22H30N4O3/c1-16(27)24-9-4-11-25-14-17(19-5-2-3-6-20(19)25)15-26(18-7-8-18)22(28)21-13-23-10-12-29-21/h2-3,5-6,14,18,21,23H,4,7-13,15H2,1H3,(H,24,27)/t21-/m1/s1. The van der Waals surface area contributed by atoms with Gasteiger partial charge in [-0.05, 0) is 30.9 Å². The molecule has 0 spiro atoms. The molecule has 2 aromatic rings. The van der Waals surface area contributed by atoms with Gasteiger partial charge in [0.25, 0.3) is 5.91 Å². The molecule has 0 bridgehead atoms. The molecule has 7 nitrogen and oxygen atoms in total. The third-order valence-electron chi connectivity index (χ3n) is 5.64. The summed E-state index contributed by atoms with van der Waals surface area (Å²) in [5.74, 6) is 0.100. The van der Waals surface area contributed by atoms with Crippen LogP contribution in [-0.2, 0) is 27.4 Å². The second kappa shape index (κ2) is 8.97. The van der Waals surface area contributed by atoms with Gasteiger partial charge in [0.2, 0.25) is 5.91 Å². The first kappa shape index (κ1) is 19.9. The summed E-state index contributed by atoms with van der Waals surface area (Å²) >= 11 is 0. The van der Waals surface area contributed by atoms with E-state index in [0.29, 0.717) is 32.3 Å². The van der Waals surface area contributed by atoms with Crippen LogP contribution >= 0.6 is 0 Å². The van der Waals surface area contributed by atoms with Crippen molar-refractivity contribution in [2.24, 2.45) is 0 Å². The fourth-order valence-electron chi connectivity index (χ4n) is 4.01. The largest absolute Gasteiger partial charge is 0.366 e. The van der Waals surface area contributed by atoms with Crippen LogP contribution in [-0.4, -0.2) is 59.7 Å². The van der Waals surface area contributed by atoms with E-state index in [1.165, 1.54) is 23.4 Å². The zero-order valence-corrected chi connectivity index (χ0v) is 17.0. The minimum Gasteiger partial charge on any atom is -0.366 e. The van der Waals surface area contributed by atoms with Gasteiger partial charge < -0.3 is 24.8 Å². The van der Waals surface area contributed by atoms with E-state index in [1.54, 1.807) is 0 Å². The number of hydrogen-bond donors (Lipinski definition) is 2. The monoisotopic (exact) mass is 398 g/mol. The zero-order valence-electron chi connectivity index (χ0n) is 17.0. The van der Waals surface area contributed by atoms with Gasteiger partial charge in [-0.15, -0.1) is 0 Å². The number of nitrogens with one attached hydrogen (secondary N) is 2. The highest BCUT2D eigenvalue weighted by atomic mass is 16.5. The molecule has 1 saturated carbocycles. The topological polar surface area (TPSA) is 75.6 Å². The molecule has 1 aliphatic carbocycles. The van der Waals surface area contributed by atoms with Crippen molar-refractivity contribution < 1.29 is 14.3 Å². The van der Waals surface area contributed by atoms with Crippen molar-refractivity contribution in [3.63, 3.8) is 0 Å². The van der Waals surface area contributed by atoms with Crippen molar-refractivity contribution in [1.82, 2.24) is 20.1 Å². The van der Waals surface area contributed by atoms with Gasteiger partial charge in [0, 0.05) is 62.8 Å². The third kappa shape index (κ3) is 4.79. The smallest absolute Gasteiger partial charge is 0.253 e. The summed E-state index contributed by atoms with van der Waals surface area (Å²) in [6.45, 7) is 5.62. The van der Waals surface area contributed by atoms with E-state index in [0.717, 1.165) is 32.4 Å². The van der Waals surface area contributed by atoms with E-state index in [-0.39, 0.29) is 17.9 Å². The van der Waals surface area contributed by atoms with Gasteiger partial charge in [0.05, 0.1) is 6.61 Å². The predicted molar refractivity (Wildman–Crippen MR) is 111 cm³/mol. The van der Waals surface area contributed by atoms with Crippen LogP contribution in [0, 0.1) is 0 Å². The van der Waals surface area contributed by atoms with E-state index in [2.05, 4.69) is 33.5 Å². The van der Waals surface area contributed by atoms with Crippen molar-refractivity contribution in [2.75, 3.05) is 26.2 Å². The third-order valence-corrected chi connectivity index (χ3v) is 5.64. The Bertz CT molecular complexity index is 868. The number of hydrogen-bond acceptors (Lipinski definition) is 4. The number of nitrogens with zero attached hydrogens (tertiary/aromatic N) is 2. The summed E-state index contributed by atoms with van der Waals surface area (Å²) in [6.07, 6.45) is 4.80. The predicted octanol–water partition coefficient (Wildman–Crippen LogP) is 1.65. The average Bonchev–Trinajstić information content (AvgIpc) is 3.52. The maximum absolute atomic E-state index is 13.1. The van der Waals surface area contributed by atoms with Gasteiger partial charge in [-0.1, -0.05) is 18.2 Å². The summed E-state index contributed by atoms with van der Waals surface area (Å²) in [6, 6.07) is 8.67. The zero-order chi connectivity index (χ0) is 20.2. The number of amides is 2. The molecule has 1 aromatic carbocycles. The van der Waals surface area contributed by atoms with Crippen LogP contribution < -0.4 is 10.6 Å². The van der Waals surface area contributed by atoms with Crippen LogP contribution in [0.15, 0.2) is 30.5 Å². The molecule has 0 unspecified atom stereocenters. The second-order valence-electron chi connectivity index (χ2n) is 7.96. The Hall–Kier alpha value is -2.38. The number of fused-ring (bicyclic) bond motifs is 1. The lowest BCUT2D eigenvalue weighted by atomic mass is 10.1. The SMILES string of the molecule is CC(=O)NCCCn1cc(CN(C(=O)[C@H]2CNCCO2)C2CC2)c2ccccc21. The highest BCUT2D eigenvalue weighted by Crippen LogP contribution is 2.31. The van der Waals surface area contributed by atoms with Gasteiger partial charge in [-0.3, -0.25) is 9.59 Å². The van der Waals surface area contributed by atoms with Gasteiger partial charge in [-0.2, -0.15) is 0 Å². The number of rotatable bonds is 8. The van der Waals surface area contributed by atoms with Gasteiger partial charge >= 0.3 is 0 Å². The Morgan fingerprint density at radius 3 is 2.86 bits per heavy atom. The van der Waals surface area contributed by atoms with E-state index in [4.69, 9.17) is 4.74 Å². The molecule has 2 aliphatic rings. The summed E-state index contributed by atoms with van der Waals surface area (Å²) < 4.78 is 7.96. The van der Waals surface area contributed by atoms with Crippen LogP contribution in [0.3, 0.4) is 0 Å². The van der Waals surface area contributed by atoms with E-state index in [9.17, 15) is 9.59 Å². The summed E-state index contributed by atoms with van der Waals surface area (Å²) in [4.78, 5) is 26.2. The molecule has 2 heterocycles. The van der Waals surface area contributed by atoms with Crippen LogP contribution in [0.4, 0.5) is 0 Å². The lowest BCUT2D eigenvalue weighted by Crippen LogP contribution is -2.49. The number of para-hydroxylation sites is 1. The highest BCUT2D eigenvalue weighted by molar-refractivity contribution is 5.86. The molecule has 1 atom stereocenters. The molecular weight excluding hydrogens is 368 g/mol. The Kier molecular flexibility index (Phi) is 6.16. The van der Waals surface area contributed by atoms with Crippen LogP contribution in [0.1, 0.15) is 31.7 Å². The molecule has 2 N–H and O–H groups in total.